The highest BCUT2D eigenvalue weighted by molar-refractivity contribution is 6.06. The van der Waals surface area contributed by atoms with Gasteiger partial charge in [0.2, 0.25) is 0 Å². The molecule has 0 spiro atoms. The molecule has 0 radical (unpaired) electrons. The fourth-order valence-corrected chi connectivity index (χ4v) is 6.40. The van der Waals surface area contributed by atoms with Gasteiger partial charge in [-0.25, -0.2) is 0 Å². The molecule has 1 heterocycles. The van der Waals surface area contributed by atoms with Gasteiger partial charge in [-0.05, 0) is 88.3 Å². The maximum Gasteiger partial charge on any atom is 0.263 e. The van der Waals surface area contributed by atoms with Gasteiger partial charge in [-0.1, -0.05) is 121 Å². The van der Waals surface area contributed by atoms with Crippen LogP contribution in [0.3, 0.4) is 0 Å². The van der Waals surface area contributed by atoms with E-state index in [9.17, 15) is 4.79 Å². The van der Waals surface area contributed by atoms with Crippen LogP contribution in [0.1, 0.15) is 0 Å². The van der Waals surface area contributed by atoms with Crippen LogP contribution in [0.2, 0.25) is 0 Å². The topological polar surface area (TPSA) is 25.2 Å². The first-order valence-electron chi connectivity index (χ1n) is 15.5. The summed E-state index contributed by atoms with van der Waals surface area (Å²) in [5.41, 5.74) is 9.41. The first-order chi connectivity index (χ1) is 22.7. The zero-order chi connectivity index (χ0) is 30.9. The lowest BCUT2D eigenvalue weighted by Gasteiger charge is -2.27. The Balaban J connectivity index is 1.28. The fourth-order valence-electron chi connectivity index (χ4n) is 6.40. The van der Waals surface area contributed by atoms with E-state index in [1.54, 1.807) is 0 Å². The molecule has 0 atom stereocenters. The van der Waals surface area contributed by atoms with Crippen molar-refractivity contribution >= 4 is 38.7 Å². The number of nitrogens with zero attached hydrogens (tertiary/aromatic N) is 2. The molecule has 0 aliphatic rings. The van der Waals surface area contributed by atoms with Gasteiger partial charge < -0.3 is 4.90 Å². The SMILES string of the molecule is O=c1c2ccccc2c2ccccc2n1-c1ccc(N(c2cccc(-c3ccccc3)c2)c2cccc(-c3ccccc3)c2)cc1. The Labute approximate surface area is 267 Å². The molecule has 0 N–H and O–H groups in total. The van der Waals surface area contributed by atoms with Crippen LogP contribution >= 0.6 is 0 Å². The summed E-state index contributed by atoms with van der Waals surface area (Å²) in [5.74, 6) is 0. The fraction of sp³-hybridized carbons (Fsp3) is 0. The Morgan fingerprint density at radius 1 is 0.370 bits per heavy atom. The largest absolute Gasteiger partial charge is 0.310 e. The highest BCUT2D eigenvalue weighted by atomic mass is 16.1. The van der Waals surface area contributed by atoms with Crippen LogP contribution in [0.25, 0.3) is 49.6 Å². The van der Waals surface area contributed by atoms with E-state index in [1.807, 2.05) is 71.3 Å². The highest BCUT2D eigenvalue weighted by Crippen LogP contribution is 2.38. The van der Waals surface area contributed by atoms with Gasteiger partial charge in [0.05, 0.1) is 5.52 Å². The average Bonchev–Trinajstić information content (AvgIpc) is 3.13. The van der Waals surface area contributed by atoms with Crippen molar-refractivity contribution in [1.82, 2.24) is 4.57 Å². The Morgan fingerprint density at radius 3 is 1.43 bits per heavy atom. The minimum atomic E-state index is -0.0231. The summed E-state index contributed by atoms with van der Waals surface area (Å²) >= 11 is 0. The molecule has 0 bridgehead atoms. The number of hydrogen-bond acceptors (Lipinski definition) is 2. The summed E-state index contributed by atoms with van der Waals surface area (Å²) in [6.07, 6.45) is 0. The first-order valence-corrected chi connectivity index (χ1v) is 15.5. The van der Waals surface area contributed by atoms with Crippen LogP contribution in [0.4, 0.5) is 17.1 Å². The summed E-state index contributed by atoms with van der Waals surface area (Å²) in [7, 11) is 0. The third-order valence-corrected chi connectivity index (χ3v) is 8.58. The van der Waals surface area contributed by atoms with E-state index in [0.29, 0.717) is 5.39 Å². The first kappa shape index (κ1) is 27.4. The predicted molar refractivity (Wildman–Crippen MR) is 193 cm³/mol. The van der Waals surface area contributed by atoms with Gasteiger partial charge in [0.25, 0.3) is 5.56 Å². The molecule has 3 heteroatoms. The van der Waals surface area contributed by atoms with Crippen LogP contribution in [-0.2, 0) is 0 Å². The number of pyridine rings is 1. The molecule has 0 unspecified atom stereocenters. The number of anilines is 3. The number of para-hydroxylation sites is 1. The molecule has 8 aromatic rings. The molecule has 0 amide bonds. The quantitative estimate of drug-likeness (QED) is 0.180. The van der Waals surface area contributed by atoms with E-state index in [2.05, 4.69) is 120 Å². The van der Waals surface area contributed by atoms with Crippen molar-refractivity contribution in [2.75, 3.05) is 4.90 Å². The molecule has 0 aliphatic heterocycles. The molecule has 8 rings (SSSR count). The van der Waals surface area contributed by atoms with Gasteiger partial charge in [0.15, 0.2) is 0 Å². The zero-order valence-corrected chi connectivity index (χ0v) is 25.1. The maximum absolute atomic E-state index is 13.9. The third-order valence-electron chi connectivity index (χ3n) is 8.58. The van der Waals surface area contributed by atoms with Crippen LogP contribution in [-0.4, -0.2) is 4.57 Å². The molecule has 7 aromatic carbocycles. The van der Waals surface area contributed by atoms with Gasteiger partial charge >= 0.3 is 0 Å². The number of benzene rings is 7. The Bertz CT molecular complexity index is 2290. The molecule has 46 heavy (non-hydrogen) atoms. The van der Waals surface area contributed by atoms with Crippen molar-refractivity contribution in [3.63, 3.8) is 0 Å². The van der Waals surface area contributed by atoms with Crippen molar-refractivity contribution in [2.45, 2.75) is 0 Å². The molecule has 1 aromatic heterocycles. The lowest BCUT2D eigenvalue weighted by molar-refractivity contribution is 1.06. The summed E-state index contributed by atoms with van der Waals surface area (Å²) in [5, 5.41) is 2.74. The van der Waals surface area contributed by atoms with Gasteiger partial charge in [0, 0.05) is 33.5 Å². The molecular formula is C43H30N2O. The number of rotatable bonds is 6. The Hall–Kier alpha value is -6.19. The van der Waals surface area contributed by atoms with E-state index in [0.717, 1.165) is 50.2 Å². The summed E-state index contributed by atoms with van der Waals surface area (Å²) in [4.78, 5) is 16.2. The zero-order valence-electron chi connectivity index (χ0n) is 25.1. The van der Waals surface area contributed by atoms with E-state index in [1.165, 1.54) is 11.1 Å². The molecule has 3 nitrogen and oxygen atoms in total. The monoisotopic (exact) mass is 590 g/mol. The smallest absolute Gasteiger partial charge is 0.263 e. The minimum Gasteiger partial charge on any atom is -0.310 e. The second-order valence-corrected chi connectivity index (χ2v) is 11.4. The molecule has 0 aliphatic carbocycles. The Kier molecular flexibility index (Phi) is 6.97. The molecular weight excluding hydrogens is 560 g/mol. The van der Waals surface area contributed by atoms with Crippen LogP contribution in [0, 0.1) is 0 Å². The van der Waals surface area contributed by atoms with E-state index in [4.69, 9.17) is 0 Å². The number of aromatic nitrogens is 1. The summed E-state index contributed by atoms with van der Waals surface area (Å²) < 4.78 is 1.83. The Morgan fingerprint density at radius 2 is 0.848 bits per heavy atom. The summed E-state index contributed by atoms with van der Waals surface area (Å²) in [6, 6.07) is 62.5. The normalized spacial score (nSPS) is 11.1. The second-order valence-electron chi connectivity index (χ2n) is 11.4. The van der Waals surface area contributed by atoms with Crippen molar-refractivity contribution < 1.29 is 0 Å². The van der Waals surface area contributed by atoms with Crippen LogP contribution in [0.5, 0.6) is 0 Å². The highest BCUT2D eigenvalue weighted by Gasteiger charge is 2.16. The number of hydrogen-bond donors (Lipinski definition) is 0. The lowest BCUT2D eigenvalue weighted by Crippen LogP contribution is -2.19. The standard InChI is InChI=1S/C43H30N2O/c46-43-41-23-8-7-21-39(41)40-22-9-10-24-42(40)45(43)36-27-25-35(26-28-36)44(37-19-11-17-33(29-37)31-13-3-1-4-14-31)38-20-12-18-34(30-38)32-15-5-2-6-16-32/h1-30H. The third kappa shape index (κ3) is 4.94. The van der Waals surface area contributed by atoms with Crippen molar-refractivity contribution in [1.29, 1.82) is 0 Å². The van der Waals surface area contributed by atoms with Gasteiger partial charge in [-0.3, -0.25) is 9.36 Å². The minimum absolute atomic E-state index is 0.0231. The average molecular weight is 591 g/mol. The van der Waals surface area contributed by atoms with Gasteiger partial charge in [-0.2, -0.15) is 0 Å². The van der Waals surface area contributed by atoms with Crippen molar-refractivity contribution in [2.24, 2.45) is 0 Å². The van der Waals surface area contributed by atoms with Gasteiger partial charge in [0.1, 0.15) is 0 Å². The molecule has 0 saturated heterocycles. The van der Waals surface area contributed by atoms with Crippen LogP contribution in [0.15, 0.2) is 187 Å². The second kappa shape index (κ2) is 11.7. The van der Waals surface area contributed by atoms with Gasteiger partial charge in [-0.15, -0.1) is 0 Å². The predicted octanol–water partition coefficient (Wildman–Crippen LogP) is 10.9. The van der Waals surface area contributed by atoms with E-state index >= 15 is 0 Å². The summed E-state index contributed by atoms with van der Waals surface area (Å²) in [6.45, 7) is 0. The maximum atomic E-state index is 13.9. The van der Waals surface area contributed by atoms with E-state index in [-0.39, 0.29) is 5.56 Å². The lowest BCUT2D eigenvalue weighted by atomic mass is 10.0. The molecule has 0 saturated carbocycles. The van der Waals surface area contributed by atoms with Crippen molar-refractivity contribution in [3.05, 3.63) is 192 Å². The molecule has 218 valence electrons. The van der Waals surface area contributed by atoms with Crippen molar-refractivity contribution in [3.8, 4) is 27.9 Å². The number of fused-ring (bicyclic) bond motifs is 3. The molecule has 0 fully saturated rings. The van der Waals surface area contributed by atoms with E-state index < -0.39 is 0 Å². The van der Waals surface area contributed by atoms with Crippen LogP contribution < -0.4 is 10.5 Å².